The van der Waals surface area contributed by atoms with Gasteiger partial charge in [-0.05, 0) is 18.9 Å². The van der Waals surface area contributed by atoms with Crippen molar-refractivity contribution in [3.05, 3.63) is 39.9 Å². The van der Waals surface area contributed by atoms with Gasteiger partial charge in [-0.15, -0.1) is 0 Å². The summed E-state index contributed by atoms with van der Waals surface area (Å²) in [6.45, 7) is 0. The second-order valence-corrected chi connectivity index (χ2v) is 5.05. The van der Waals surface area contributed by atoms with Gasteiger partial charge in [-0.3, -0.25) is 14.9 Å². The van der Waals surface area contributed by atoms with E-state index in [1.54, 1.807) is 6.07 Å². The fourth-order valence-electron chi connectivity index (χ4n) is 2.63. The Kier molecular flexibility index (Phi) is 3.64. The molecule has 1 unspecified atom stereocenters. The predicted molar refractivity (Wildman–Crippen MR) is 70.5 cm³/mol. The van der Waals surface area contributed by atoms with E-state index in [0.29, 0.717) is 12.8 Å². The Hall–Kier alpha value is -1.79. The molecule has 0 aromatic heterocycles. The number of nitro benzene ring substituents is 1. The van der Waals surface area contributed by atoms with Crippen molar-refractivity contribution < 1.29 is 9.72 Å². The normalized spacial score (nSPS) is 21.9. The lowest BCUT2D eigenvalue weighted by Gasteiger charge is -2.36. The van der Waals surface area contributed by atoms with E-state index < -0.39 is 16.5 Å². The Morgan fingerprint density at radius 3 is 2.63 bits per heavy atom. The Bertz CT molecular complexity index is 514. The van der Waals surface area contributed by atoms with Gasteiger partial charge in [0, 0.05) is 6.07 Å². The van der Waals surface area contributed by atoms with Crippen LogP contribution in [0.25, 0.3) is 0 Å². The minimum atomic E-state index is -1.07. The molecule has 6 heteroatoms. The summed E-state index contributed by atoms with van der Waals surface area (Å²) < 4.78 is 0. The maximum atomic E-state index is 12.5. The van der Waals surface area contributed by atoms with E-state index in [2.05, 4.69) is 0 Å². The van der Waals surface area contributed by atoms with Gasteiger partial charge in [-0.2, -0.15) is 0 Å². The molecule has 4 N–H and O–H groups in total. The lowest BCUT2D eigenvalue weighted by Crippen LogP contribution is -2.59. The maximum absolute atomic E-state index is 12.5. The molecule has 0 spiro atoms. The summed E-state index contributed by atoms with van der Waals surface area (Å²) in [4.78, 5) is 22.9. The fraction of sp³-hybridized carbons (Fsp3) is 0.462. The summed E-state index contributed by atoms with van der Waals surface area (Å²) in [6.07, 6.45) is 2.89. The molecule has 19 heavy (non-hydrogen) atoms. The van der Waals surface area contributed by atoms with Gasteiger partial charge in [-0.1, -0.05) is 25.0 Å². The molecule has 0 heterocycles. The van der Waals surface area contributed by atoms with Crippen molar-refractivity contribution in [1.82, 2.24) is 0 Å². The summed E-state index contributed by atoms with van der Waals surface area (Å²) in [5.41, 5.74) is 10.8. The molecule has 0 aliphatic heterocycles. The van der Waals surface area contributed by atoms with Gasteiger partial charge in [0.25, 0.3) is 5.69 Å². The molecule has 0 bridgehead atoms. The number of carbonyl (C=O) groups excluding carboxylic acids is 1. The quantitative estimate of drug-likeness (QED) is 0.372. The van der Waals surface area contributed by atoms with Crippen molar-refractivity contribution in [3.63, 3.8) is 0 Å². The average molecular weight is 263 g/mol. The van der Waals surface area contributed by atoms with Crippen LogP contribution in [0.1, 0.15) is 36.0 Å². The molecule has 6 nitrogen and oxygen atoms in total. The van der Waals surface area contributed by atoms with Crippen LogP contribution in [0.15, 0.2) is 24.3 Å². The highest BCUT2D eigenvalue weighted by Crippen LogP contribution is 2.33. The van der Waals surface area contributed by atoms with Crippen molar-refractivity contribution >= 4 is 11.5 Å². The SMILES string of the molecule is NC1(N)CCCCC1C(=O)c1ccccc1[N+](=O)[O-]. The van der Waals surface area contributed by atoms with E-state index in [1.807, 2.05) is 0 Å². The van der Waals surface area contributed by atoms with Crippen LogP contribution in [0.4, 0.5) is 5.69 Å². The minimum absolute atomic E-state index is 0.0969. The number of hydrogen-bond donors (Lipinski definition) is 2. The Morgan fingerprint density at radius 1 is 1.32 bits per heavy atom. The zero-order chi connectivity index (χ0) is 14.0. The Balaban J connectivity index is 2.36. The highest BCUT2D eigenvalue weighted by Gasteiger charge is 2.40. The first-order chi connectivity index (χ1) is 8.93. The number of ketones is 1. The number of nitrogens with two attached hydrogens (primary N) is 2. The molecule has 102 valence electrons. The number of benzene rings is 1. The summed E-state index contributed by atoms with van der Waals surface area (Å²) >= 11 is 0. The van der Waals surface area contributed by atoms with Crippen LogP contribution in [-0.4, -0.2) is 16.4 Å². The second-order valence-electron chi connectivity index (χ2n) is 5.05. The van der Waals surface area contributed by atoms with Crippen LogP contribution in [-0.2, 0) is 0 Å². The smallest absolute Gasteiger partial charge is 0.280 e. The monoisotopic (exact) mass is 263 g/mol. The molecule has 1 aromatic carbocycles. The molecule has 0 amide bonds. The third-order valence-corrected chi connectivity index (χ3v) is 3.68. The van der Waals surface area contributed by atoms with E-state index in [1.165, 1.54) is 18.2 Å². The summed E-state index contributed by atoms with van der Waals surface area (Å²) in [7, 11) is 0. The van der Waals surface area contributed by atoms with Crippen molar-refractivity contribution in [1.29, 1.82) is 0 Å². The number of carbonyl (C=O) groups is 1. The molecule has 1 fully saturated rings. The maximum Gasteiger partial charge on any atom is 0.280 e. The molecule has 2 rings (SSSR count). The lowest BCUT2D eigenvalue weighted by atomic mass is 9.76. The first kappa shape index (κ1) is 13.6. The molecule has 1 aromatic rings. The highest BCUT2D eigenvalue weighted by molar-refractivity contribution is 6.02. The first-order valence-electron chi connectivity index (χ1n) is 6.29. The Morgan fingerprint density at radius 2 is 2.00 bits per heavy atom. The van der Waals surface area contributed by atoms with Crippen LogP contribution in [0.3, 0.4) is 0 Å². The third kappa shape index (κ3) is 2.64. The molecular formula is C13H17N3O3. The topological polar surface area (TPSA) is 112 Å². The van der Waals surface area contributed by atoms with Gasteiger partial charge < -0.3 is 11.5 Å². The van der Waals surface area contributed by atoms with Crippen molar-refractivity contribution in [2.75, 3.05) is 0 Å². The molecule has 1 aliphatic rings. The second kappa shape index (κ2) is 5.07. The van der Waals surface area contributed by atoms with Gasteiger partial charge in [0.05, 0.1) is 22.1 Å². The van der Waals surface area contributed by atoms with Crippen LogP contribution in [0, 0.1) is 16.0 Å². The fourth-order valence-corrected chi connectivity index (χ4v) is 2.63. The number of para-hydroxylation sites is 1. The average Bonchev–Trinajstić information content (AvgIpc) is 2.37. The standard InChI is InChI=1S/C13H17N3O3/c14-13(15)8-4-3-6-10(13)12(17)9-5-1-2-7-11(9)16(18)19/h1-2,5,7,10H,3-4,6,8,14-15H2. The molecule has 1 atom stereocenters. The van der Waals surface area contributed by atoms with Gasteiger partial charge in [0.15, 0.2) is 5.78 Å². The summed E-state index contributed by atoms with van der Waals surface area (Å²) in [6, 6.07) is 5.93. The van der Waals surface area contributed by atoms with Gasteiger partial charge in [-0.25, -0.2) is 0 Å². The molecular weight excluding hydrogens is 246 g/mol. The van der Waals surface area contributed by atoms with Crippen LogP contribution in [0.2, 0.25) is 0 Å². The molecule has 1 aliphatic carbocycles. The van der Waals surface area contributed by atoms with Gasteiger partial charge in [0.2, 0.25) is 0 Å². The van der Waals surface area contributed by atoms with E-state index in [4.69, 9.17) is 11.5 Å². The largest absolute Gasteiger partial charge is 0.313 e. The van der Waals surface area contributed by atoms with Crippen LogP contribution < -0.4 is 11.5 Å². The minimum Gasteiger partial charge on any atom is -0.313 e. The van der Waals surface area contributed by atoms with Gasteiger partial charge in [0.1, 0.15) is 0 Å². The zero-order valence-electron chi connectivity index (χ0n) is 10.5. The van der Waals surface area contributed by atoms with E-state index >= 15 is 0 Å². The summed E-state index contributed by atoms with van der Waals surface area (Å²) in [5, 5.41) is 11.0. The highest BCUT2D eigenvalue weighted by atomic mass is 16.6. The van der Waals surface area contributed by atoms with Crippen molar-refractivity contribution in [2.45, 2.75) is 31.3 Å². The predicted octanol–water partition coefficient (Wildman–Crippen LogP) is 1.58. The lowest BCUT2D eigenvalue weighted by molar-refractivity contribution is -0.385. The molecule has 0 radical (unpaired) electrons. The number of hydrogen-bond acceptors (Lipinski definition) is 5. The van der Waals surface area contributed by atoms with Crippen molar-refractivity contribution in [3.8, 4) is 0 Å². The summed E-state index contributed by atoms with van der Waals surface area (Å²) in [5.74, 6) is -0.876. The number of nitrogens with zero attached hydrogens (tertiary/aromatic N) is 1. The third-order valence-electron chi connectivity index (χ3n) is 3.68. The van der Waals surface area contributed by atoms with E-state index in [-0.39, 0.29) is 17.0 Å². The molecule has 1 saturated carbocycles. The van der Waals surface area contributed by atoms with E-state index in [0.717, 1.165) is 12.8 Å². The van der Waals surface area contributed by atoms with Crippen LogP contribution in [0.5, 0.6) is 0 Å². The van der Waals surface area contributed by atoms with Crippen LogP contribution >= 0.6 is 0 Å². The van der Waals surface area contributed by atoms with Crippen molar-refractivity contribution in [2.24, 2.45) is 17.4 Å². The van der Waals surface area contributed by atoms with E-state index in [9.17, 15) is 14.9 Å². The first-order valence-corrected chi connectivity index (χ1v) is 6.29. The Labute approximate surface area is 110 Å². The zero-order valence-corrected chi connectivity index (χ0v) is 10.5. The number of nitro groups is 1. The number of rotatable bonds is 3. The number of Topliss-reactive ketones (excluding diaryl/α,β-unsaturated/α-hetero) is 1. The molecule has 0 saturated heterocycles. The van der Waals surface area contributed by atoms with Gasteiger partial charge >= 0.3 is 0 Å².